The van der Waals surface area contributed by atoms with Gasteiger partial charge < -0.3 is 15.9 Å². The minimum Gasteiger partial charge on any atom is -0.506 e. The van der Waals surface area contributed by atoms with Gasteiger partial charge in [-0.25, -0.2) is 0 Å². The van der Waals surface area contributed by atoms with Crippen LogP contribution in [0.2, 0.25) is 0 Å². The number of benzene rings is 1. The van der Waals surface area contributed by atoms with Gasteiger partial charge in [0.15, 0.2) is 0 Å². The second kappa shape index (κ2) is 6.39. The summed E-state index contributed by atoms with van der Waals surface area (Å²) in [6.07, 6.45) is 0.856. The van der Waals surface area contributed by atoms with Crippen molar-refractivity contribution in [3.63, 3.8) is 0 Å². The molecule has 0 amide bonds. The van der Waals surface area contributed by atoms with Crippen molar-refractivity contribution in [2.75, 3.05) is 0 Å². The highest BCUT2D eigenvalue weighted by Gasteiger charge is 2.28. The molecule has 0 aromatic heterocycles. The molecule has 0 saturated carbocycles. The predicted molar refractivity (Wildman–Crippen MR) is 94.8 cm³/mol. The highest BCUT2D eigenvalue weighted by molar-refractivity contribution is 14.1. The van der Waals surface area contributed by atoms with E-state index in [2.05, 4.69) is 67.8 Å². The van der Waals surface area contributed by atoms with Crippen LogP contribution >= 0.6 is 67.8 Å². The number of hydrogen-bond acceptors (Lipinski definition) is 3. The molecule has 0 heterocycles. The van der Waals surface area contributed by atoms with Gasteiger partial charge in [0, 0.05) is 3.57 Å². The topological polar surface area (TPSA) is 83.5 Å². The third kappa shape index (κ3) is 3.82. The fraction of sp³-hybridized carbons (Fsp3) is 0.364. The Labute approximate surface area is 146 Å². The summed E-state index contributed by atoms with van der Waals surface area (Å²) in [6.45, 7) is 1.50. The monoisotopic (exact) mass is 587 g/mol. The average molecular weight is 587 g/mol. The summed E-state index contributed by atoms with van der Waals surface area (Å²) in [5.74, 6) is -0.761. The van der Waals surface area contributed by atoms with Crippen molar-refractivity contribution >= 4 is 73.7 Å². The maximum Gasteiger partial charge on any atom is 0.323 e. The van der Waals surface area contributed by atoms with Crippen molar-refractivity contribution in [3.8, 4) is 5.75 Å². The summed E-state index contributed by atoms with van der Waals surface area (Å²) in [5.41, 5.74) is 5.41. The van der Waals surface area contributed by atoms with Crippen LogP contribution in [0.5, 0.6) is 5.75 Å². The van der Waals surface area contributed by atoms with Gasteiger partial charge in [0.05, 0.1) is 7.14 Å². The van der Waals surface area contributed by atoms with E-state index in [1.807, 2.05) is 6.07 Å². The number of aromatic hydroxyl groups is 1. The minimum atomic E-state index is -1.25. The molecule has 7 heteroatoms. The Bertz CT molecular complexity index is 489. The number of carboxylic acids is 1. The molecule has 1 atom stereocenters. The Morgan fingerprint density at radius 1 is 1.39 bits per heavy atom. The molecule has 100 valence electrons. The Balaban J connectivity index is 3.00. The number of carbonyl (C=O) groups is 1. The van der Waals surface area contributed by atoms with Gasteiger partial charge in [0.25, 0.3) is 0 Å². The van der Waals surface area contributed by atoms with Crippen molar-refractivity contribution in [2.45, 2.75) is 25.3 Å². The number of nitrogens with two attached hydrogens (primary N) is 1. The summed E-state index contributed by atoms with van der Waals surface area (Å²) in [6, 6.07) is 1.88. The van der Waals surface area contributed by atoms with Gasteiger partial charge >= 0.3 is 5.97 Å². The van der Waals surface area contributed by atoms with Crippen molar-refractivity contribution in [1.82, 2.24) is 0 Å². The predicted octanol–water partition coefficient (Wildman–Crippen LogP) is 2.94. The molecule has 0 spiro atoms. The van der Waals surface area contributed by atoms with Gasteiger partial charge in [-0.2, -0.15) is 0 Å². The number of halogens is 3. The summed E-state index contributed by atoms with van der Waals surface area (Å²) in [4.78, 5) is 11.0. The molecule has 18 heavy (non-hydrogen) atoms. The molecule has 4 N–H and O–H groups in total. The lowest BCUT2D eigenvalue weighted by Gasteiger charge is -2.20. The summed E-state index contributed by atoms with van der Waals surface area (Å²) in [7, 11) is 0. The Morgan fingerprint density at radius 2 is 1.94 bits per heavy atom. The smallest absolute Gasteiger partial charge is 0.323 e. The van der Waals surface area contributed by atoms with E-state index in [9.17, 15) is 9.90 Å². The number of hydrogen-bond donors (Lipinski definition) is 3. The summed E-state index contributed by atoms with van der Waals surface area (Å²) < 4.78 is 2.57. The molecular weight excluding hydrogens is 575 g/mol. The lowest BCUT2D eigenvalue weighted by atomic mass is 9.94. The van der Waals surface area contributed by atoms with Crippen molar-refractivity contribution in [2.24, 2.45) is 5.73 Å². The maximum absolute atomic E-state index is 11.0. The van der Waals surface area contributed by atoms with Crippen LogP contribution in [-0.4, -0.2) is 21.7 Å². The Morgan fingerprint density at radius 3 is 2.44 bits per heavy atom. The third-order valence-electron chi connectivity index (χ3n) is 2.62. The number of phenols is 1. The van der Waals surface area contributed by atoms with Crippen LogP contribution in [0.4, 0.5) is 0 Å². The Kier molecular flexibility index (Phi) is 5.93. The Hall–Kier alpha value is 0.640. The standard InChI is InChI=1S/C11H12I3NO3/c1-11(15,10(17)18)3-2-5-6(12)4-7(13)9(16)8(5)14/h4,16H,2-3,15H2,1H3,(H,17,18). The van der Waals surface area contributed by atoms with Crippen LogP contribution in [0.15, 0.2) is 6.07 Å². The highest BCUT2D eigenvalue weighted by atomic mass is 127. The normalized spacial score (nSPS) is 14.3. The van der Waals surface area contributed by atoms with Crippen molar-refractivity contribution in [1.29, 1.82) is 0 Å². The van der Waals surface area contributed by atoms with Crippen molar-refractivity contribution in [3.05, 3.63) is 22.3 Å². The fourth-order valence-electron chi connectivity index (χ4n) is 1.34. The second-order valence-corrected chi connectivity index (χ2v) is 7.61. The average Bonchev–Trinajstić information content (AvgIpc) is 2.25. The molecule has 0 aliphatic heterocycles. The molecule has 1 rings (SSSR count). The van der Waals surface area contributed by atoms with Gasteiger partial charge in [-0.15, -0.1) is 0 Å². The SMILES string of the molecule is CC(N)(CCc1c(I)cc(I)c(O)c1I)C(=O)O. The lowest BCUT2D eigenvalue weighted by molar-refractivity contribution is -0.142. The van der Waals surface area contributed by atoms with Crippen molar-refractivity contribution < 1.29 is 15.0 Å². The van der Waals surface area contributed by atoms with Gasteiger partial charge in [0.2, 0.25) is 0 Å². The van der Waals surface area contributed by atoms with E-state index in [-0.39, 0.29) is 5.75 Å². The van der Waals surface area contributed by atoms with E-state index in [0.717, 1.165) is 16.3 Å². The molecule has 4 nitrogen and oxygen atoms in total. The number of aliphatic carboxylic acids is 1. The first kappa shape index (κ1) is 16.7. The largest absolute Gasteiger partial charge is 0.506 e. The summed E-state index contributed by atoms with van der Waals surface area (Å²) in [5, 5.41) is 18.9. The van der Waals surface area contributed by atoms with E-state index in [0.29, 0.717) is 12.8 Å². The summed E-state index contributed by atoms with van der Waals surface area (Å²) >= 11 is 6.33. The molecule has 0 bridgehead atoms. The van der Waals surface area contributed by atoms with Crippen LogP contribution in [-0.2, 0) is 11.2 Å². The molecule has 0 fully saturated rings. The van der Waals surface area contributed by atoms with Gasteiger partial charge in [0.1, 0.15) is 11.3 Å². The highest BCUT2D eigenvalue weighted by Crippen LogP contribution is 2.33. The van der Waals surface area contributed by atoms with E-state index < -0.39 is 11.5 Å². The first-order valence-electron chi connectivity index (χ1n) is 5.04. The van der Waals surface area contributed by atoms with Crippen LogP contribution in [0, 0.1) is 10.7 Å². The molecule has 1 aromatic rings. The van der Waals surface area contributed by atoms with Gasteiger partial charge in [-0.05, 0) is 99.2 Å². The van der Waals surface area contributed by atoms with Crippen LogP contribution in [0.3, 0.4) is 0 Å². The van der Waals surface area contributed by atoms with Gasteiger partial charge in [-0.3, -0.25) is 4.79 Å². The first-order chi connectivity index (χ1) is 8.16. The molecule has 0 aliphatic rings. The van der Waals surface area contributed by atoms with Crippen LogP contribution in [0.25, 0.3) is 0 Å². The molecule has 0 aliphatic carbocycles. The second-order valence-electron chi connectivity index (χ2n) is 4.20. The molecular formula is C11H12I3NO3. The van der Waals surface area contributed by atoms with Gasteiger partial charge in [-0.1, -0.05) is 0 Å². The maximum atomic E-state index is 11.0. The number of phenolic OH excluding ortho intramolecular Hbond substituents is 1. The van der Waals surface area contributed by atoms with E-state index >= 15 is 0 Å². The molecule has 0 radical (unpaired) electrons. The molecule has 0 saturated heterocycles. The molecule has 1 unspecified atom stereocenters. The van der Waals surface area contributed by atoms with E-state index in [4.69, 9.17) is 10.8 Å². The zero-order valence-electron chi connectivity index (χ0n) is 9.51. The number of carboxylic acid groups (broad SMARTS) is 1. The minimum absolute atomic E-state index is 0.251. The zero-order chi connectivity index (χ0) is 14.1. The zero-order valence-corrected chi connectivity index (χ0v) is 16.0. The lowest BCUT2D eigenvalue weighted by Crippen LogP contribution is -2.45. The fourth-order valence-corrected chi connectivity index (χ4v) is 5.25. The van der Waals surface area contributed by atoms with E-state index in [1.165, 1.54) is 6.92 Å². The number of rotatable bonds is 4. The quantitative estimate of drug-likeness (QED) is 0.474. The van der Waals surface area contributed by atoms with E-state index in [1.54, 1.807) is 0 Å². The molecule has 1 aromatic carbocycles. The van der Waals surface area contributed by atoms with Crippen LogP contribution < -0.4 is 5.73 Å². The third-order valence-corrected chi connectivity index (χ3v) is 5.57. The first-order valence-corrected chi connectivity index (χ1v) is 8.28. The van der Waals surface area contributed by atoms with Crippen LogP contribution in [0.1, 0.15) is 18.9 Å².